The van der Waals surface area contributed by atoms with Crippen LogP contribution in [0.15, 0.2) is 41.8 Å². The van der Waals surface area contributed by atoms with Crippen molar-refractivity contribution < 1.29 is 42.9 Å². The fraction of sp³-hybridized carbons (Fsp3) is 0.375. The molecule has 3 heterocycles. The number of thiophene rings is 1. The van der Waals surface area contributed by atoms with Gasteiger partial charge in [0.1, 0.15) is 23.4 Å². The lowest BCUT2D eigenvalue weighted by molar-refractivity contribution is -0.268. The number of aromatic nitrogens is 1. The molecule has 3 aromatic rings. The van der Waals surface area contributed by atoms with Crippen LogP contribution in [0.4, 0.5) is 0 Å². The van der Waals surface area contributed by atoms with Crippen molar-refractivity contribution in [2.24, 2.45) is 0 Å². The molecule has 0 saturated carbocycles. The van der Waals surface area contributed by atoms with E-state index in [4.69, 9.17) is 35.9 Å². The summed E-state index contributed by atoms with van der Waals surface area (Å²) in [6, 6.07) is 13.9. The van der Waals surface area contributed by atoms with Gasteiger partial charge in [0.15, 0.2) is 24.5 Å². The minimum absolute atomic E-state index is 0.0947. The van der Waals surface area contributed by atoms with Gasteiger partial charge in [0, 0.05) is 33.3 Å². The van der Waals surface area contributed by atoms with Crippen LogP contribution < -0.4 is 0 Å². The van der Waals surface area contributed by atoms with E-state index in [9.17, 15) is 24.4 Å². The highest BCUT2D eigenvalue weighted by Gasteiger charge is 2.53. The van der Waals surface area contributed by atoms with Crippen LogP contribution in [-0.4, -0.2) is 59.5 Å². The molecule has 2 aromatic heterocycles. The molecule has 0 spiro atoms. The Morgan fingerprint density at radius 1 is 0.933 bits per heavy atom. The highest BCUT2D eigenvalue weighted by atomic mass is 32.1. The molecule has 1 aromatic carbocycles. The number of fused-ring (bicyclic) bond motifs is 3. The molecule has 5 unspecified atom stereocenters. The molecule has 1 saturated heterocycles. The molecule has 5 atom stereocenters. The summed E-state index contributed by atoms with van der Waals surface area (Å²) in [6.07, 6.45) is -5.34. The highest BCUT2D eigenvalue weighted by Crippen LogP contribution is 2.46. The van der Waals surface area contributed by atoms with Crippen LogP contribution in [0.2, 0.25) is 0 Å². The van der Waals surface area contributed by atoms with Crippen molar-refractivity contribution in [1.82, 2.24) is 4.57 Å². The van der Waals surface area contributed by atoms with E-state index in [2.05, 4.69) is 6.07 Å². The normalized spacial score (nSPS) is 21.8. The second kappa shape index (κ2) is 13.3. The molecule has 2 aliphatic rings. The van der Waals surface area contributed by atoms with Gasteiger partial charge in [-0.25, -0.2) is 0 Å². The van der Waals surface area contributed by atoms with E-state index >= 15 is 0 Å². The van der Waals surface area contributed by atoms with E-state index in [-0.39, 0.29) is 16.8 Å². The van der Waals surface area contributed by atoms with E-state index in [0.29, 0.717) is 18.5 Å². The van der Waals surface area contributed by atoms with E-state index < -0.39 is 54.5 Å². The first-order valence-corrected chi connectivity index (χ1v) is 15.4. The number of benzene rings is 1. The maximum atomic E-state index is 12.6. The van der Waals surface area contributed by atoms with E-state index in [0.717, 1.165) is 41.0 Å². The number of nitrogens with zero attached hydrogens (tertiary/aromatic N) is 2. The van der Waals surface area contributed by atoms with Crippen LogP contribution in [0, 0.1) is 16.0 Å². The second-order valence-electron chi connectivity index (χ2n) is 10.6. The van der Waals surface area contributed by atoms with Crippen molar-refractivity contribution in [2.45, 2.75) is 71.2 Å². The Kier molecular flexibility index (Phi) is 9.48. The summed E-state index contributed by atoms with van der Waals surface area (Å²) < 4.78 is 30.5. The van der Waals surface area contributed by atoms with Gasteiger partial charge in [-0.05, 0) is 41.0 Å². The second-order valence-corrected chi connectivity index (χ2v) is 11.9. The Morgan fingerprint density at radius 2 is 1.60 bits per heavy atom. The first kappa shape index (κ1) is 32.0. The van der Waals surface area contributed by atoms with Crippen molar-refractivity contribution in [3.8, 4) is 27.8 Å². The topological polar surface area (TPSA) is 143 Å². The third-order valence-electron chi connectivity index (χ3n) is 7.53. The summed E-state index contributed by atoms with van der Waals surface area (Å²) in [5.41, 5.74) is 4.40. The fourth-order valence-electron chi connectivity index (χ4n) is 5.97. The van der Waals surface area contributed by atoms with E-state index in [1.54, 1.807) is 4.57 Å². The van der Waals surface area contributed by atoms with Crippen LogP contribution in [0.5, 0.6) is 0 Å². The Labute approximate surface area is 268 Å². The minimum Gasteiger partial charge on any atom is -0.463 e. The maximum Gasteiger partial charge on any atom is 0.303 e. The molecule has 1 aliphatic heterocycles. The number of rotatable bonds is 7. The number of pyridine rings is 1. The van der Waals surface area contributed by atoms with Gasteiger partial charge in [-0.15, -0.1) is 11.3 Å². The van der Waals surface area contributed by atoms with Crippen LogP contribution in [0.1, 0.15) is 50.6 Å². The molecule has 13 heteroatoms. The van der Waals surface area contributed by atoms with Crippen LogP contribution in [0.25, 0.3) is 21.7 Å². The zero-order chi connectivity index (χ0) is 32.4. The van der Waals surface area contributed by atoms with Gasteiger partial charge in [0.05, 0.1) is 16.1 Å². The first-order valence-electron chi connectivity index (χ1n) is 14.2. The molecule has 234 valence electrons. The number of ether oxygens (including phenoxy) is 5. The Balaban J connectivity index is 1.82. The molecule has 0 amide bonds. The van der Waals surface area contributed by atoms with Gasteiger partial charge in [0.25, 0.3) is 0 Å². The first-order chi connectivity index (χ1) is 21.5. The average Bonchev–Trinajstić information content (AvgIpc) is 3.52. The van der Waals surface area contributed by atoms with Gasteiger partial charge < -0.3 is 23.7 Å². The monoisotopic (exact) mass is 650 g/mol. The Hall–Kier alpha value is -4.38. The van der Waals surface area contributed by atoms with Gasteiger partial charge >= 0.3 is 23.9 Å². The number of aryl methyl sites for hydroxylation is 1. The number of hydrogen-bond acceptors (Lipinski definition) is 12. The zero-order valence-electron chi connectivity index (χ0n) is 24.9. The van der Waals surface area contributed by atoms with Gasteiger partial charge in [0.2, 0.25) is 0 Å². The number of carbonyl (C=O) groups is 4. The molecule has 1 aliphatic carbocycles. The van der Waals surface area contributed by atoms with Gasteiger partial charge in [-0.2, -0.15) is 5.26 Å². The smallest absolute Gasteiger partial charge is 0.303 e. The predicted molar refractivity (Wildman–Crippen MR) is 163 cm³/mol. The Bertz CT molecular complexity index is 1760. The quantitative estimate of drug-likeness (QED) is 0.197. The molecular weight excluding hydrogens is 620 g/mol. The molecule has 11 nitrogen and oxygen atoms in total. The molecule has 0 bridgehead atoms. The third-order valence-corrected chi connectivity index (χ3v) is 8.81. The number of nitriles is 1. The van der Waals surface area contributed by atoms with Crippen molar-refractivity contribution >= 4 is 47.4 Å². The average molecular weight is 651 g/mol. The largest absolute Gasteiger partial charge is 0.463 e. The molecule has 0 N–H and O–H groups in total. The van der Waals surface area contributed by atoms with Crippen LogP contribution in [0.3, 0.4) is 0 Å². The molecule has 1 fully saturated rings. The summed E-state index contributed by atoms with van der Waals surface area (Å²) in [7, 11) is 0. The van der Waals surface area contributed by atoms with Gasteiger partial charge in [-0.1, -0.05) is 42.5 Å². The zero-order valence-corrected chi connectivity index (χ0v) is 26.6. The molecule has 0 radical (unpaired) electrons. The maximum absolute atomic E-state index is 12.6. The lowest BCUT2D eigenvalue weighted by Gasteiger charge is -2.45. The van der Waals surface area contributed by atoms with E-state index in [1.807, 2.05) is 41.8 Å². The number of esters is 4. The summed E-state index contributed by atoms with van der Waals surface area (Å²) in [4.78, 5) is 49.9. The molecule has 45 heavy (non-hydrogen) atoms. The third kappa shape index (κ3) is 6.40. The van der Waals surface area contributed by atoms with Crippen molar-refractivity contribution in [3.63, 3.8) is 0 Å². The summed E-state index contributed by atoms with van der Waals surface area (Å²) in [5, 5.41) is 12.4. The SMILES string of the molecule is CC(=O)OCC1OC(n2c(-c3cccs3)c3c(c(C#N)c2=S)-c2ccccc2CC3)C(OC(C)=O)C(OC(C)=O)C1OC(C)=O. The molecule has 5 rings (SSSR count). The van der Waals surface area contributed by atoms with Crippen LogP contribution in [-0.2, 0) is 55.7 Å². The lowest BCUT2D eigenvalue weighted by atomic mass is 9.82. The fourth-order valence-corrected chi connectivity index (χ4v) is 7.10. The van der Waals surface area contributed by atoms with Crippen molar-refractivity contribution in [3.05, 3.63) is 63.1 Å². The summed E-state index contributed by atoms with van der Waals surface area (Å²) in [5.74, 6) is -2.84. The standard InChI is InChI=1S/C32H30N2O9S2/c1-16(35)39-15-24-28(40-17(2)36)29(41-18(3)37)30(42-19(4)38)31(43-24)34-27(25-10-7-13-45-25)22-12-11-20-8-5-6-9-21(20)26(22)23(14-33)32(34)44/h5-10,13,24,28-31H,11-12,15H2,1-4H3. The summed E-state index contributed by atoms with van der Waals surface area (Å²) in [6.45, 7) is 4.31. The van der Waals surface area contributed by atoms with Crippen molar-refractivity contribution in [1.29, 1.82) is 5.26 Å². The number of carbonyl (C=O) groups excluding carboxylic acids is 4. The lowest BCUT2D eigenvalue weighted by Crippen LogP contribution is -2.60. The predicted octanol–water partition coefficient (Wildman–Crippen LogP) is 4.84. The molecular formula is C32H30N2O9S2. The van der Waals surface area contributed by atoms with Crippen LogP contribution >= 0.6 is 23.6 Å². The highest BCUT2D eigenvalue weighted by molar-refractivity contribution is 7.71. The summed E-state index contributed by atoms with van der Waals surface area (Å²) >= 11 is 7.47. The van der Waals surface area contributed by atoms with E-state index in [1.165, 1.54) is 25.2 Å². The van der Waals surface area contributed by atoms with Crippen molar-refractivity contribution in [2.75, 3.05) is 6.61 Å². The van der Waals surface area contributed by atoms with Gasteiger partial charge in [-0.3, -0.25) is 23.7 Å². The Morgan fingerprint density at radius 3 is 2.22 bits per heavy atom. The minimum atomic E-state index is -1.39. The number of hydrogen-bond donors (Lipinski definition) is 0.